The molecule has 0 aromatic carbocycles. The highest BCUT2D eigenvalue weighted by molar-refractivity contribution is 5.42. The van der Waals surface area contributed by atoms with Gasteiger partial charge in [-0.3, -0.25) is 4.68 Å². The third-order valence-electron chi connectivity index (χ3n) is 2.60. The summed E-state index contributed by atoms with van der Waals surface area (Å²) >= 11 is 0. The second kappa shape index (κ2) is 4.57. The molecular formula is C11H16FN5. The highest BCUT2D eigenvalue weighted by Crippen LogP contribution is 2.13. The summed E-state index contributed by atoms with van der Waals surface area (Å²) in [5, 5.41) is 11.3. The van der Waals surface area contributed by atoms with E-state index in [-0.39, 0.29) is 5.95 Å². The summed E-state index contributed by atoms with van der Waals surface area (Å²) in [4.78, 5) is 0. The summed E-state index contributed by atoms with van der Waals surface area (Å²) in [6.07, 6.45) is 3.46. The van der Waals surface area contributed by atoms with Crippen LogP contribution < -0.4 is 5.32 Å². The molecule has 0 fully saturated rings. The van der Waals surface area contributed by atoms with Gasteiger partial charge in [-0.2, -0.15) is 14.6 Å². The van der Waals surface area contributed by atoms with Crippen LogP contribution in [0, 0.1) is 12.9 Å². The Morgan fingerprint density at radius 1 is 1.47 bits per heavy atom. The van der Waals surface area contributed by atoms with Gasteiger partial charge < -0.3 is 5.32 Å². The van der Waals surface area contributed by atoms with E-state index in [2.05, 4.69) is 15.5 Å². The lowest BCUT2D eigenvalue weighted by molar-refractivity contribution is 0.465. The molecule has 2 rings (SSSR count). The molecule has 0 saturated heterocycles. The van der Waals surface area contributed by atoms with Crippen LogP contribution in [0.1, 0.15) is 18.1 Å². The zero-order chi connectivity index (χ0) is 12.4. The van der Waals surface area contributed by atoms with Gasteiger partial charge in [-0.1, -0.05) is 0 Å². The highest BCUT2D eigenvalue weighted by atomic mass is 19.1. The van der Waals surface area contributed by atoms with E-state index in [0.717, 1.165) is 11.4 Å². The van der Waals surface area contributed by atoms with Crippen LogP contribution in [0.5, 0.6) is 0 Å². The van der Waals surface area contributed by atoms with E-state index < -0.39 is 0 Å². The summed E-state index contributed by atoms with van der Waals surface area (Å²) in [5.74, 6) is 0.490. The SMILES string of the molecule is CCn1ncc(CNc2nn(C)cc2C)c1F. The van der Waals surface area contributed by atoms with Gasteiger partial charge in [-0.05, 0) is 13.8 Å². The first-order valence-corrected chi connectivity index (χ1v) is 5.56. The van der Waals surface area contributed by atoms with E-state index in [1.54, 1.807) is 10.9 Å². The topological polar surface area (TPSA) is 47.7 Å². The average Bonchev–Trinajstić information content (AvgIpc) is 2.79. The number of anilines is 1. The third kappa shape index (κ3) is 2.30. The Morgan fingerprint density at radius 3 is 2.76 bits per heavy atom. The van der Waals surface area contributed by atoms with Crippen LogP contribution in [0.2, 0.25) is 0 Å². The Hall–Kier alpha value is -1.85. The first-order chi connectivity index (χ1) is 8.11. The van der Waals surface area contributed by atoms with Gasteiger partial charge in [0.1, 0.15) is 0 Å². The standard InChI is InChI=1S/C11H16FN5/c1-4-17-10(12)9(6-14-17)5-13-11-8(2)7-16(3)15-11/h6-7H,4-5H2,1-3H3,(H,13,15). The van der Waals surface area contributed by atoms with E-state index in [4.69, 9.17) is 0 Å². The minimum atomic E-state index is -0.284. The van der Waals surface area contributed by atoms with Gasteiger partial charge >= 0.3 is 0 Å². The van der Waals surface area contributed by atoms with Gasteiger partial charge in [-0.25, -0.2) is 4.68 Å². The molecule has 2 aromatic heterocycles. The van der Waals surface area contributed by atoms with Crippen molar-refractivity contribution in [2.75, 3.05) is 5.32 Å². The maximum atomic E-state index is 13.7. The molecular weight excluding hydrogens is 221 g/mol. The number of hydrogen-bond acceptors (Lipinski definition) is 3. The van der Waals surface area contributed by atoms with Crippen molar-refractivity contribution in [2.45, 2.75) is 26.9 Å². The Labute approximate surface area is 99.2 Å². The molecule has 17 heavy (non-hydrogen) atoms. The van der Waals surface area contributed by atoms with Crippen LogP contribution in [0.15, 0.2) is 12.4 Å². The van der Waals surface area contributed by atoms with Crippen LogP contribution in [0.4, 0.5) is 10.2 Å². The number of nitrogens with one attached hydrogen (secondary N) is 1. The molecule has 1 N–H and O–H groups in total. The lowest BCUT2D eigenvalue weighted by Crippen LogP contribution is -2.05. The molecule has 2 heterocycles. The summed E-state index contributed by atoms with van der Waals surface area (Å²) in [7, 11) is 1.86. The molecule has 6 heteroatoms. The van der Waals surface area contributed by atoms with Gasteiger partial charge in [-0.15, -0.1) is 0 Å². The lowest BCUT2D eigenvalue weighted by atomic mass is 10.3. The first-order valence-electron chi connectivity index (χ1n) is 5.56. The molecule has 92 valence electrons. The van der Waals surface area contributed by atoms with Crippen LogP contribution in [-0.4, -0.2) is 19.6 Å². The van der Waals surface area contributed by atoms with Gasteiger partial charge in [0.05, 0.1) is 6.20 Å². The van der Waals surface area contributed by atoms with Gasteiger partial charge in [0.25, 0.3) is 0 Å². The molecule has 0 unspecified atom stereocenters. The zero-order valence-corrected chi connectivity index (χ0v) is 10.2. The Bertz CT molecular complexity index is 514. The summed E-state index contributed by atoms with van der Waals surface area (Å²) in [6, 6.07) is 0. The van der Waals surface area contributed by atoms with E-state index >= 15 is 0 Å². The van der Waals surface area contributed by atoms with Crippen LogP contribution >= 0.6 is 0 Å². The monoisotopic (exact) mass is 237 g/mol. The summed E-state index contributed by atoms with van der Waals surface area (Å²) in [5.41, 5.74) is 1.59. The lowest BCUT2D eigenvalue weighted by Gasteiger charge is -2.02. The predicted molar refractivity (Wildman–Crippen MR) is 63.1 cm³/mol. The second-order valence-electron chi connectivity index (χ2n) is 3.96. The maximum absolute atomic E-state index is 13.7. The van der Waals surface area contributed by atoms with Crippen molar-refractivity contribution in [3.05, 3.63) is 29.5 Å². The quantitative estimate of drug-likeness (QED) is 0.880. The predicted octanol–water partition coefficient (Wildman–Crippen LogP) is 1.70. The minimum Gasteiger partial charge on any atom is -0.364 e. The van der Waals surface area contributed by atoms with E-state index in [0.29, 0.717) is 18.7 Å². The Morgan fingerprint density at radius 2 is 2.24 bits per heavy atom. The Balaban J connectivity index is 2.07. The van der Waals surface area contributed by atoms with Crippen molar-refractivity contribution in [2.24, 2.45) is 7.05 Å². The van der Waals surface area contributed by atoms with Gasteiger partial charge in [0.15, 0.2) is 5.82 Å². The number of rotatable bonds is 4. The fourth-order valence-electron chi connectivity index (χ4n) is 1.71. The normalized spacial score (nSPS) is 10.8. The van der Waals surface area contributed by atoms with E-state index in [1.165, 1.54) is 4.68 Å². The largest absolute Gasteiger partial charge is 0.364 e. The molecule has 5 nitrogen and oxygen atoms in total. The van der Waals surface area contributed by atoms with Crippen LogP contribution in [-0.2, 0) is 20.1 Å². The van der Waals surface area contributed by atoms with Crippen molar-refractivity contribution < 1.29 is 4.39 Å². The Kier molecular flexibility index (Phi) is 3.12. The fraction of sp³-hybridized carbons (Fsp3) is 0.455. The molecule has 0 aliphatic carbocycles. The summed E-state index contributed by atoms with van der Waals surface area (Å²) < 4.78 is 16.7. The molecule has 0 amide bonds. The number of halogens is 1. The van der Waals surface area contributed by atoms with Crippen LogP contribution in [0.3, 0.4) is 0 Å². The van der Waals surface area contributed by atoms with Crippen molar-refractivity contribution in [3.8, 4) is 0 Å². The van der Waals surface area contributed by atoms with Gasteiger partial charge in [0, 0.05) is 37.5 Å². The second-order valence-corrected chi connectivity index (χ2v) is 3.96. The summed E-state index contributed by atoms with van der Waals surface area (Å²) in [6.45, 7) is 4.75. The van der Waals surface area contributed by atoms with Crippen molar-refractivity contribution in [1.29, 1.82) is 0 Å². The van der Waals surface area contributed by atoms with Gasteiger partial charge in [0.2, 0.25) is 5.95 Å². The molecule has 0 bridgehead atoms. The van der Waals surface area contributed by atoms with E-state index in [1.807, 2.05) is 27.1 Å². The molecule has 0 atom stereocenters. The number of nitrogens with zero attached hydrogens (tertiary/aromatic N) is 4. The number of aromatic nitrogens is 4. The molecule has 2 aromatic rings. The first kappa shape index (κ1) is 11.6. The fourth-order valence-corrected chi connectivity index (χ4v) is 1.71. The number of aryl methyl sites for hydroxylation is 3. The van der Waals surface area contributed by atoms with Crippen molar-refractivity contribution in [3.63, 3.8) is 0 Å². The number of hydrogen-bond donors (Lipinski definition) is 1. The third-order valence-corrected chi connectivity index (χ3v) is 2.60. The maximum Gasteiger partial charge on any atom is 0.216 e. The average molecular weight is 237 g/mol. The van der Waals surface area contributed by atoms with Crippen molar-refractivity contribution >= 4 is 5.82 Å². The molecule has 0 spiro atoms. The highest BCUT2D eigenvalue weighted by Gasteiger charge is 2.10. The molecule has 0 aliphatic heterocycles. The van der Waals surface area contributed by atoms with E-state index in [9.17, 15) is 4.39 Å². The van der Waals surface area contributed by atoms with Crippen molar-refractivity contribution in [1.82, 2.24) is 19.6 Å². The zero-order valence-electron chi connectivity index (χ0n) is 10.2. The minimum absolute atomic E-state index is 0.284. The molecule has 0 aliphatic rings. The molecule has 0 saturated carbocycles. The van der Waals surface area contributed by atoms with Crippen LogP contribution in [0.25, 0.3) is 0 Å². The smallest absolute Gasteiger partial charge is 0.216 e. The molecule has 0 radical (unpaired) electrons.